The Morgan fingerprint density at radius 2 is 2.00 bits per heavy atom. The monoisotopic (exact) mass is 289 g/mol. The van der Waals surface area contributed by atoms with Crippen LogP contribution in [0.25, 0.3) is 0 Å². The molecule has 0 spiro atoms. The number of nitrogens with one attached hydrogen (secondary N) is 1. The van der Waals surface area contributed by atoms with Crippen molar-refractivity contribution in [1.29, 1.82) is 0 Å². The number of hydrogen-bond donors (Lipinski definition) is 1. The molecule has 0 aliphatic heterocycles. The van der Waals surface area contributed by atoms with Gasteiger partial charge in [0.25, 0.3) is 0 Å². The predicted molar refractivity (Wildman–Crippen MR) is 77.8 cm³/mol. The molecule has 1 amide bonds. The van der Waals surface area contributed by atoms with E-state index in [9.17, 15) is 4.79 Å². The van der Waals surface area contributed by atoms with Gasteiger partial charge in [0.15, 0.2) is 0 Å². The first-order valence-corrected chi connectivity index (χ1v) is 7.15. The number of halogens is 1. The van der Waals surface area contributed by atoms with Gasteiger partial charge < -0.3 is 9.73 Å². The Bertz CT molecular complexity index is 585. The first-order valence-electron chi connectivity index (χ1n) is 6.77. The molecule has 1 fully saturated rings. The minimum Gasteiger partial charge on any atom is -0.469 e. The highest BCUT2D eigenvalue weighted by atomic mass is 35.5. The van der Waals surface area contributed by atoms with Crippen LogP contribution in [0.2, 0.25) is 5.02 Å². The van der Waals surface area contributed by atoms with Crippen LogP contribution in [-0.4, -0.2) is 12.5 Å². The molecule has 1 heterocycles. The molecule has 3 rings (SSSR count). The third kappa shape index (κ3) is 2.59. The number of rotatable bonds is 5. The molecule has 3 nitrogen and oxygen atoms in total. The molecule has 0 saturated heterocycles. The average molecular weight is 290 g/mol. The van der Waals surface area contributed by atoms with Crippen molar-refractivity contribution in [3.8, 4) is 0 Å². The van der Waals surface area contributed by atoms with Gasteiger partial charge in [0, 0.05) is 18.0 Å². The Balaban J connectivity index is 1.60. The van der Waals surface area contributed by atoms with Crippen LogP contribution in [-0.2, 0) is 16.6 Å². The summed E-state index contributed by atoms with van der Waals surface area (Å²) in [7, 11) is 0. The van der Waals surface area contributed by atoms with Crippen LogP contribution in [0.4, 0.5) is 0 Å². The lowest BCUT2D eigenvalue weighted by atomic mass is 9.95. The average Bonchev–Trinajstić information content (AvgIpc) is 3.10. The highest BCUT2D eigenvalue weighted by Gasteiger charge is 2.50. The standard InChI is InChI=1S/C16H16ClNO2/c17-13-5-3-12(4-6-13)16(8-9-16)15(19)18-10-7-14-2-1-11-20-14/h1-6,11H,7-10H2,(H,18,19). The van der Waals surface area contributed by atoms with Gasteiger partial charge in [-0.1, -0.05) is 23.7 Å². The molecule has 0 radical (unpaired) electrons. The van der Waals surface area contributed by atoms with Crippen molar-refractivity contribution < 1.29 is 9.21 Å². The fourth-order valence-electron chi connectivity index (χ4n) is 2.46. The maximum atomic E-state index is 12.4. The lowest BCUT2D eigenvalue weighted by Gasteiger charge is -2.15. The van der Waals surface area contributed by atoms with E-state index in [0.717, 1.165) is 30.6 Å². The number of hydrogen-bond acceptors (Lipinski definition) is 2. The van der Waals surface area contributed by atoms with Crippen molar-refractivity contribution in [2.24, 2.45) is 0 Å². The number of furan rings is 1. The smallest absolute Gasteiger partial charge is 0.230 e. The molecule has 104 valence electrons. The van der Waals surface area contributed by atoms with E-state index in [0.29, 0.717) is 11.6 Å². The molecule has 1 saturated carbocycles. The van der Waals surface area contributed by atoms with Gasteiger partial charge in [-0.25, -0.2) is 0 Å². The third-order valence-corrected chi connectivity index (χ3v) is 4.07. The Morgan fingerprint density at radius 1 is 1.25 bits per heavy atom. The van der Waals surface area contributed by atoms with Crippen molar-refractivity contribution >= 4 is 17.5 Å². The molecule has 1 N–H and O–H groups in total. The minimum atomic E-state index is -0.340. The fourth-order valence-corrected chi connectivity index (χ4v) is 2.59. The lowest BCUT2D eigenvalue weighted by Crippen LogP contribution is -2.35. The summed E-state index contributed by atoms with van der Waals surface area (Å²) < 4.78 is 5.25. The van der Waals surface area contributed by atoms with Crippen molar-refractivity contribution in [3.63, 3.8) is 0 Å². The summed E-state index contributed by atoms with van der Waals surface area (Å²) in [6.07, 6.45) is 4.17. The van der Waals surface area contributed by atoms with Gasteiger partial charge in [-0.15, -0.1) is 0 Å². The second-order valence-electron chi connectivity index (χ2n) is 5.17. The fraction of sp³-hybridized carbons (Fsp3) is 0.312. The summed E-state index contributed by atoms with van der Waals surface area (Å²) in [4.78, 5) is 12.4. The van der Waals surface area contributed by atoms with E-state index in [1.165, 1.54) is 0 Å². The lowest BCUT2D eigenvalue weighted by molar-refractivity contribution is -0.123. The van der Waals surface area contributed by atoms with Crippen LogP contribution >= 0.6 is 11.6 Å². The van der Waals surface area contributed by atoms with Crippen LogP contribution in [0.1, 0.15) is 24.2 Å². The van der Waals surface area contributed by atoms with Gasteiger partial charge in [-0.2, -0.15) is 0 Å². The van der Waals surface area contributed by atoms with E-state index < -0.39 is 0 Å². The Hall–Kier alpha value is -1.74. The Morgan fingerprint density at radius 3 is 2.60 bits per heavy atom. The second-order valence-corrected chi connectivity index (χ2v) is 5.61. The summed E-state index contributed by atoms with van der Waals surface area (Å²) in [6, 6.07) is 11.3. The molecule has 1 aliphatic carbocycles. The van der Waals surface area contributed by atoms with Crippen molar-refractivity contribution in [3.05, 3.63) is 59.0 Å². The van der Waals surface area contributed by atoms with Gasteiger partial charge in [0.2, 0.25) is 5.91 Å². The van der Waals surface area contributed by atoms with E-state index in [1.54, 1.807) is 6.26 Å². The topological polar surface area (TPSA) is 42.2 Å². The largest absolute Gasteiger partial charge is 0.469 e. The van der Waals surface area contributed by atoms with E-state index in [4.69, 9.17) is 16.0 Å². The minimum absolute atomic E-state index is 0.103. The van der Waals surface area contributed by atoms with Crippen LogP contribution in [0.5, 0.6) is 0 Å². The van der Waals surface area contributed by atoms with Crippen LogP contribution in [0, 0.1) is 0 Å². The summed E-state index contributed by atoms with van der Waals surface area (Å²) in [5.41, 5.74) is 0.714. The molecule has 0 unspecified atom stereocenters. The normalized spacial score (nSPS) is 15.8. The Labute approximate surface area is 122 Å². The zero-order chi connectivity index (χ0) is 14.0. The molecule has 2 aromatic rings. The van der Waals surface area contributed by atoms with Gasteiger partial charge >= 0.3 is 0 Å². The number of benzene rings is 1. The summed E-state index contributed by atoms with van der Waals surface area (Å²) in [6.45, 7) is 0.599. The molecular formula is C16H16ClNO2. The Kier molecular flexibility index (Phi) is 3.53. The highest BCUT2D eigenvalue weighted by Crippen LogP contribution is 2.48. The van der Waals surface area contributed by atoms with Crippen LogP contribution in [0.15, 0.2) is 47.1 Å². The van der Waals surface area contributed by atoms with Gasteiger partial charge in [-0.05, 0) is 42.7 Å². The first-order chi connectivity index (χ1) is 9.71. The molecule has 1 aliphatic rings. The maximum absolute atomic E-state index is 12.4. The van der Waals surface area contributed by atoms with E-state index in [1.807, 2.05) is 36.4 Å². The van der Waals surface area contributed by atoms with Gasteiger partial charge in [-0.3, -0.25) is 4.79 Å². The van der Waals surface area contributed by atoms with E-state index >= 15 is 0 Å². The molecular weight excluding hydrogens is 274 g/mol. The van der Waals surface area contributed by atoms with Gasteiger partial charge in [0.1, 0.15) is 5.76 Å². The van der Waals surface area contributed by atoms with Gasteiger partial charge in [0.05, 0.1) is 11.7 Å². The number of amides is 1. The van der Waals surface area contributed by atoms with Crippen molar-refractivity contribution in [1.82, 2.24) is 5.32 Å². The van der Waals surface area contributed by atoms with Crippen molar-refractivity contribution in [2.75, 3.05) is 6.54 Å². The van der Waals surface area contributed by atoms with E-state index in [-0.39, 0.29) is 11.3 Å². The van der Waals surface area contributed by atoms with Crippen molar-refractivity contribution in [2.45, 2.75) is 24.7 Å². The summed E-state index contributed by atoms with van der Waals surface area (Å²) in [5, 5.41) is 3.70. The molecule has 0 atom stereocenters. The van der Waals surface area contributed by atoms with E-state index in [2.05, 4.69) is 5.32 Å². The zero-order valence-corrected chi connectivity index (χ0v) is 11.8. The quantitative estimate of drug-likeness (QED) is 0.917. The zero-order valence-electron chi connectivity index (χ0n) is 11.1. The maximum Gasteiger partial charge on any atom is 0.230 e. The summed E-state index contributed by atoms with van der Waals surface area (Å²) >= 11 is 5.89. The second kappa shape index (κ2) is 5.33. The highest BCUT2D eigenvalue weighted by molar-refractivity contribution is 6.30. The molecule has 0 bridgehead atoms. The van der Waals surface area contributed by atoms with Crippen LogP contribution in [0.3, 0.4) is 0 Å². The SMILES string of the molecule is O=C(NCCc1ccco1)C1(c2ccc(Cl)cc2)CC1. The molecule has 20 heavy (non-hydrogen) atoms. The molecule has 4 heteroatoms. The third-order valence-electron chi connectivity index (χ3n) is 3.82. The number of carbonyl (C=O) groups is 1. The first kappa shape index (κ1) is 13.3. The molecule has 1 aromatic heterocycles. The predicted octanol–water partition coefficient (Wildman–Crippen LogP) is 3.32. The van der Waals surface area contributed by atoms with Crippen LogP contribution < -0.4 is 5.32 Å². The summed E-state index contributed by atoms with van der Waals surface area (Å²) in [5.74, 6) is 0.994. The molecule has 1 aromatic carbocycles. The number of carbonyl (C=O) groups excluding carboxylic acids is 1.